The van der Waals surface area contributed by atoms with Crippen molar-refractivity contribution in [2.75, 3.05) is 10.1 Å². The van der Waals surface area contributed by atoms with Crippen LogP contribution >= 0.6 is 0 Å². The first-order valence-corrected chi connectivity index (χ1v) is 7.79. The molecule has 1 aromatic heterocycles. The summed E-state index contributed by atoms with van der Waals surface area (Å²) in [5.74, 6) is -0.234. The molecular formula is C13H9N5O3S. The van der Waals surface area contributed by atoms with Crippen LogP contribution in [0.15, 0.2) is 47.9 Å². The lowest BCUT2D eigenvalue weighted by Crippen LogP contribution is -2.22. The highest BCUT2D eigenvalue weighted by atomic mass is 32.2. The number of carbonyl (C=O) groups is 1. The van der Waals surface area contributed by atoms with Crippen LogP contribution < -0.4 is 10.1 Å². The van der Waals surface area contributed by atoms with E-state index in [0.717, 1.165) is 4.68 Å². The molecule has 0 bridgehead atoms. The minimum absolute atomic E-state index is 0.0818. The third-order valence-corrected chi connectivity index (χ3v) is 4.81. The summed E-state index contributed by atoms with van der Waals surface area (Å²) in [6, 6.07) is 8.03. The second-order valence-electron chi connectivity index (χ2n) is 4.76. The summed E-state index contributed by atoms with van der Waals surface area (Å²) in [6.07, 6.45) is 2.48. The van der Waals surface area contributed by atoms with Crippen LogP contribution in [0.4, 0.5) is 5.69 Å². The molecule has 0 spiro atoms. The largest absolute Gasteiger partial charge is 0.321 e. The zero-order valence-corrected chi connectivity index (χ0v) is 11.8. The van der Waals surface area contributed by atoms with E-state index >= 15 is 0 Å². The molecule has 0 radical (unpaired) electrons. The normalized spacial score (nSPS) is 13.4. The number of nitrogens with one attached hydrogen (secondary N) is 2. The number of rotatable bonds is 3. The second kappa shape index (κ2) is 4.28. The predicted molar refractivity (Wildman–Crippen MR) is 78.5 cm³/mol. The summed E-state index contributed by atoms with van der Waals surface area (Å²) in [7, 11) is -3.84. The lowest BCUT2D eigenvalue weighted by Gasteiger charge is -2.11. The maximum Gasteiger partial charge on any atom is 0.276 e. The van der Waals surface area contributed by atoms with Crippen molar-refractivity contribution in [1.29, 1.82) is 0 Å². The van der Waals surface area contributed by atoms with E-state index in [0.29, 0.717) is 22.0 Å². The highest BCUT2D eigenvalue weighted by molar-refractivity contribution is 7.92. The molecular weight excluding hydrogens is 306 g/mol. The Kier molecular flexibility index (Phi) is 2.48. The monoisotopic (exact) mass is 315 g/mol. The molecule has 0 unspecified atom stereocenters. The molecule has 0 aliphatic carbocycles. The van der Waals surface area contributed by atoms with E-state index in [1.165, 1.54) is 18.7 Å². The molecule has 1 aliphatic rings. The lowest BCUT2D eigenvalue weighted by atomic mass is 10.1. The number of hydrogen-bond donors (Lipinski definition) is 2. The Morgan fingerprint density at radius 1 is 1.09 bits per heavy atom. The van der Waals surface area contributed by atoms with E-state index in [1.54, 1.807) is 24.3 Å². The summed E-state index contributed by atoms with van der Waals surface area (Å²) < 4.78 is 26.2. The minimum Gasteiger partial charge on any atom is -0.321 e. The molecule has 8 nitrogen and oxygen atoms in total. The van der Waals surface area contributed by atoms with E-state index < -0.39 is 10.0 Å². The molecule has 0 saturated heterocycles. The Hall–Kier alpha value is -2.94. The maximum absolute atomic E-state index is 12.5. The standard InChI is InChI=1S/C13H9N5O3S/c19-13-9-3-1-2-8-11(5-4-10(16-13)12(8)9)22(20,21)17-18-6-14-15-7-18/h1-7,17H,(H,16,19). The van der Waals surface area contributed by atoms with Crippen molar-refractivity contribution in [2.45, 2.75) is 4.90 Å². The van der Waals surface area contributed by atoms with Crippen molar-refractivity contribution in [2.24, 2.45) is 0 Å². The topological polar surface area (TPSA) is 106 Å². The Labute approximate surface area is 124 Å². The number of carbonyl (C=O) groups excluding carboxylic acids is 1. The summed E-state index contributed by atoms with van der Waals surface area (Å²) in [5.41, 5.74) is 1.08. The van der Waals surface area contributed by atoms with Gasteiger partial charge in [0, 0.05) is 22.0 Å². The van der Waals surface area contributed by atoms with Gasteiger partial charge in [0.2, 0.25) is 0 Å². The summed E-state index contributed by atoms with van der Waals surface area (Å²) in [5, 5.41) is 10.9. The number of benzene rings is 2. The van der Waals surface area contributed by atoms with E-state index in [-0.39, 0.29) is 10.8 Å². The highest BCUT2D eigenvalue weighted by Crippen LogP contribution is 2.36. The van der Waals surface area contributed by atoms with Crippen molar-refractivity contribution in [3.8, 4) is 0 Å². The van der Waals surface area contributed by atoms with E-state index in [1.807, 2.05) is 0 Å². The van der Waals surface area contributed by atoms with Crippen molar-refractivity contribution in [3.05, 3.63) is 48.5 Å². The van der Waals surface area contributed by atoms with Gasteiger partial charge in [-0.25, -0.2) is 9.51 Å². The third-order valence-electron chi connectivity index (χ3n) is 3.43. The third kappa shape index (κ3) is 1.76. The van der Waals surface area contributed by atoms with Gasteiger partial charge in [-0.05, 0) is 18.2 Å². The molecule has 3 aromatic rings. The molecule has 1 amide bonds. The highest BCUT2D eigenvalue weighted by Gasteiger charge is 2.26. The molecule has 22 heavy (non-hydrogen) atoms. The Bertz CT molecular complexity index is 1010. The van der Waals surface area contributed by atoms with Gasteiger partial charge < -0.3 is 5.32 Å². The minimum atomic E-state index is -3.84. The number of nitrogens with zero attached hydrogens (tertiary/aromatic N) is 3. The Balaban J connectivity index is 1.94. The Morgan fingerprint density at radius 3 is 2.64 bits per heavy atom. The fourth-order valence-corrected chi connectivity index (χ4v) is 3.71. The van der Waals surface area contributed by atoms with Gasteiger partial charge in [0.05, 0.1) is 4.90 Å². The zero-order valence-electron chi connectivity index (χ0n) is 11.0. The summed E-state index contributed by atoms with van der Waals surface area (Å²) in [6.45, 7) is 0. The quantitative estimate of drug-likeness (QED) is 0.748. The van der Waals surface area contributed by atoms with Crippen LogP contribution in [0.2, 0.25) is 0 Å². The van der Waals surface area contributed by atoms with Crippen LogP contribution in [0.3, 0.4) is 0 Å². The van der Waals surface area contributed by atoms with Crippen LogP contribution in [0.5, 0.6) is 0 Å². The van der Waals surface area contributed by atoms with Gasteiger partial charge in [-0.2, -0.15) is 8.42 Å². The van der Waals surface area contributed by atoms with Crippen molar-refractivity contribution in [1.82, 2.24) is 14.9 Å². The average molecular weight is 315 g/mol. The number of amides is 1. The molecule has 2 N–H and O–H groups in total. The number of sulfonamides is 1. The smallest absolute Gasteiger partial charge is 0.276 e. The van der Waals surface area contributed by atoms with Crippen LogP contribution in [0.25, 0.3) is 10.8 Å². The molecule has 110 valence electrons. The Morgan fingerprint density at radius 2 is 1.86 bits per heavy atom. The van der Waals surface area contributed by atoms with Crippen LogP contribution in [-0.4, -0.2) is 29.2 Å². The van der Waals surface area contributed by atoms with Gasteiger partial charge in [0.25, 0.3) is 15.9 Å². The van der Waals surface area contributed by atoms with Gasteiger partial charge in [-0.3, -0.25) is 4.79 Å². The molecule has 9 heteroatoms. The van der Waals surface area contributed by atoms with Crippen LogP contribution in [-0.2, 0) is 10.0 Å². The molecule has 4 rings (SSSR count). The molecule has 2 aromatic carbocycles. The first-order valence-electron chi connectivity index (χ1n) is 6.31. The first-order chi connectivity index (χ1) is 10.6. The van der Waals surface area contributed by atoms with Crippen LogP contribution in [0.1, 0.15) is 10.4 Å². The fourth-order valence-electron chi connectivity index (χ4n) is 2.53. The second-order valence-corrected chi connectivity index (χ2v) is 6.39. The number of hydrogen-bond acceptors (Lipinski definition) is 5. The lowest BCUT2D eigenvalue weighted by molar-refractivity contribution is 0.103. The van der Waals surface area contributed by atoms with Gasteiger partial charge >= 0.3 is 0 Å². The van der Waals surface area contributed by atoms with Gasteiger partial charge in [-0.1, -0.05) is 12.1 Å². The van der Waals surface area contributed by atoms with Crippen molar-refractivity contribution < 1.29 is 13.2 Å². The number of aromatic nitrogens is 3. The van der Waals surface area contributed by atoms with Gasteiger partial charge in [-0.15, -0.1) is 10.2 Å². The van der Waals surface area contributed by atoms with Gasteiger partial charge in [0.15, 0.2) is 0 Å². The van der Waals surface area contributed by atoms with E-state index in [4.69, 9.17) is 0 Å². The van der Waals surface area contributed by atoms with E-state index in [9.17, 15) is 13.2 Å². The van der Waals surface area contributed by atoms with Crippen LogP contribution in [0, 0.1) is 0 Å². The summed E-state index contributed by atoms with van der Waals surface area (Å²) >= 11 is 0. The first kappa shape index (κ1) is 12.8. The zero-order chi connectivity index (χ0) is 15.3. The van der Waals surface area contributed by atoms with Gasteiger partial charge in [0.1, 0.15) is 12.7 Å². The molecule has 1 aliphatic heterocycles. The molecule has 2 heterocycles. The van der Waals surface area contributed by atoms with Crippen molar-refractivity contribution >= 4 is 32.4 Å². The average Bonchev–Trinajstić information content (AvgIpc) is 3.09. The predicted octanol–water partition coefficient (Wildman–Crippen LogP) is 0.929. The SMILES string of the molecule is O=C1Nc2ccc(S(=O)(=O)Nn3cnnc3)c3cccc1c23. The summed E-state index contributed by atoms with van der Waals surface area (Å²) in [4.78, 5) is 14.3. The molecule has 0 saturated carbocycles. The fraction of sp³-hybridized carbons (Fsp3) is 0. The molecule has 0 fully saturated rings. The molecule has 0 atom stereocenters. The van der Waals surface area contributed by atoms with Crippen molar-refractivity contribution in [3.63, 3.8) is 0 Å². The van der Waals surface area contributed by atoms with E-state index in [2.05, 4.69) is 20.3 Å². The maximum atomic E-state index is 12.5. The number of anilines is 1.